The first kappa shape index (κ1) is 14.9. The number of rotatable bonds is 5. The maximum absolute atomic E-state index is 13.3. The second kappa shape index (κ2) is 6.32. The number of nitro benzene ring substituents is 1. The fourth-order valence-corrected chi connectivity index (χ4v) is 1.98. The maximum Gasteiger partial charge on any atom is 0.277 e. The largest absolute Gasteiger partial charge is 0.488 e. The molecule has 0 bridgehead atoms. The molecule has 0 aliphatic carbocycles. The highest BCUT2D eigenvalue weighted by Gasteiger charge is 2.17. The van der Waals surface area contributed by atoms with Crippen molar-refractivity contribution in [2.45, 2.75) is 6.61 Å². The van der Waals surface area contributed by atoms with Gasteiger partial charge in [-0.05, 0) is 18.2 Å². The van der Waals surface area contributed by atoms with Crippen molar-refractivity contribution in [3.63, 3.8) is 0 Å². The average molecular weight is 310 g/mol. The molecule has 0 saturated carbocycles. The predicted molar refractivity (Wildman–Crippen MR) is 74.2 cm³/mol. The molecule has 0 aromatic heterocycles. The molecule has 0 fully saturated rings. The van der Waals surface area contributed by atoms with Crippen LogP contribution in [0.3, 0.4) is 0 Å². The molecule has 0 aliphatic rings. The topological polar surface area (TPSA) is 69.4 Å². The van der Waals surface area contributed by atoms with E-state index in [-0.39, 0.29) is 34.2 Å². The highest BCUT2D eigenvalue weighted by molar-refractivity contribution is 6.31. The number of hydrogen-bond donors (Lipinski definition) is 0. The highest BCUT2D eigenvalue weighted by Crippen LogP contribution is 2.28. The van der Waals surface area contributed by atoms with E-state index in [4.69, 9.17) is 16.3 Å². The Morgan fingerprint density at radius 2 is 2.10 bits per heavy atom. The molecular formula is C14H9ClFNO4. The number of carbonyl (C=O) groups is 1. The third-order valence-corrected chi connectivity index (χ3v) is 3.06. The van der Waals surface area contributed by atoms with E-state index in [1.165, 1.54) is 24.3 Å². The summed E-state index contributed by atoms with van der Waals surface area (Å²) in [4.78, 5) is 21.0. The lowest BCUT2D eigenvalue weighted by Gasteiger charge is -2.09. The summed E-state index contributed by atoms with van der Waals surface area (Å²) in [5, 5.41) is 11.1. The molecule has 5 nitrogen and oxygen atoms in total. The van der Waals surface area contributed by atoms with Crippen molar-refractivity contribution in [1.29, 1.82) is 0 Å². The normalized spacial score (nSPS) is 10.2. The van der Waals surface area contributed by atoms with Crippen molar-refractivity contribution in [3.8, 4) is 5.75 Å². The zero-order chi connectivity index (χ0) is 15.4. The van der Waals surface area contributed by atoms with Crippen LogP contribution in [-0.4, -0.2) is 11.2 Å². The zero-order valence-corrected chi connectivity index (χ0v) is 11.3. The van der Waals surface area contributed by atoms with Crippen molar-refractivity contribution in [2.24, 2.45) is 0 Å². The number of nitrogens with zero attached hydrogens (tertiary/aromatic N) is 1. The summed E-state index contributed by atoms with van der Waals surface area (Å²) in [5.41, 5.74) is 0.106. The van der Waals surface area contributed by atoms with Crippen molar-refractivity contribution >= 4 is 23.6 Å². The van der Waals surface area contributed by atoms with Gasteiger partial charge in [-0.1, -0.05) is 17.7 Å². The smallest absolute Gasteiger partial charge is 0.277 e. The van der Waals surface area contributed by atoms with E-state index in [0.717, 1.165) is 12.1 Å². The van der Waals surface area contributed by atoms with Crippen LogP contribution in [0.25, 0.3) is 0 Å². The molecule has 0 aliphatic heterocycles. The van der Waals surface area contributed by atoms with E-state index in [9.17, 15) is 19.3 Å². The van der Waals surface area contributed by atoms with Gasteiger partial charge in [-0.3, -0.25) is 14.9 Å². The molecule has 0 atom stereocenters. The lowest BCUT2D eigenvalue weighted by Crippen LogP contribution is -2.02. The summed E-state index contributed by atoms with van der Waals surface area (Å²) in [6.45, 7) is -0.211. The van der Waals surface area contributed by atoms with Crippen LogP contribution in [0.4, 0.5) is 10.1 Å². The minimum absolute atomic E-state index is 0.0892. The SMILES string of the molecule is O=Cc1cc(F)cc(OCc2c(Cl)cccc2[N+](=O)[O-])c1. The van der Waals surface area contributed by atoms with E-state index in [0.29, 0.717) is 6.29 Å². The van der Waals surface area contributed by atoms with Crippen LogP contribution < -0.4 is 4.74 Å². The molecule has 0 saturated heterocycles. The van der Waals surface area contributed by atoms with Gasteiger partial charge in [0.25, 0.3) is 5.69 Å². The molecule has 0 heterocycles. The monoisotopic (exact) mass is 309 g/mol. The quantitative estimate of drug-likeness (QED) is 0.479. The molecule has 108 valence electrons. The zero-order valence-electron chi connectivity index (χ0n) is 10.6. The Kier molecular flexibility index (Phi) is 4.49. The van der Waals surface area contributed by atoms with Gasteiger partial charge in [-0.25, -0.2) is 4.39 Å². The second-order valence-corrected chi connectivity index (χ2v) is 4.53. The van der Waals surface area contributed by atoms with Crippen LogP contribution in [0.2, 0.25) is 5.02 Å². The van der Waals surface area contributed by atoms with Gasteiger partial charge >= 0.3 is 0 Å². The average Bonchev–Trinajstić information content (AvgIpc) is 2.45. The minimum atomic E-state index is -0.636. The summed E-state index contributed by atoms with van der Waals surface area (Å²) in [5.74, 6) is -0.547. The van der Waals surface area contributed by atoms with Gasteiger partial charge in [-0.15, -0.1) is 0 Å². The number of halogens is 2. The summed E-state index contributed by atoms with van der Waals surface area (Å²) in [6, 6.07) is 7.71. The number of ether oxygens (including phenoxy) is 1. The first-order valence-electron chi connectivity index (χ1n) is 5.81. The van der Waals surface area contributed by atoms with E-state index < -0.39 is 10.7 Å². The van der Waals surface area contributed by atoms with E-state index in [1.807, 2.05) is 0 Å². The Morgan fingerprint density at radius 3 is 2.76 bits per heavy atom. The molecule has 0 spiro atoms. The van der Waals surface area contributed by atoms with Gasteiger partial charge in [0.05, 0.1) is 15.5 Å². The molecule has 0 unspecified atom stereocenters. The fraction of sp³-hybridized carbons (Fsp3) is 0.0714. The lowest BCUT2D eigenvalue weighted by molar-refractivity contribution is -0.385. The summed E-state index contributed by atoms with van der Waals surface area (Å²) in [7, 11) is 0. The number of nitro groups is 1. The summed E-state index contributed by atoms with van der Waals surface area (Å²) in [6.07, 6.45) is 0.480. The number of carbonyl (C=O) groups excluding carboxylic acids is 1. The third-order valence-electron chi connectivity index (χ3n) is 2.70. The number of aldehydes is 1. The van der Waals surface area contributed by atoms with Crippen LogP contribution in [-0.2, 0) is 6.61 Å². The van der Waals surface area contributed by atoms with Crippen molar-refractivity contribution < 1.29 is 18.8 Å². The number of hydrogen-bond acceptors (Lipinski definition) is 4. The summed E-state index contributed by atoms with van der Waals surface area (Å²) < 4.78 is 18.6. The van der Waals surface area contributed by atoms with Crippen molar-refractivity contribution in [1.82, 2.24) is 0 Å². The molecular weight excluding hydrogens is 301 g/mol. The van der Waals surface area contributed by atoms with Crippen LogP contribution in [0, 0.1) is 15.9 Å². The molecule has 0 N–H and O–H groups in total. The molecule has 7 heteroatoms. The van der Waals surface area contributed by atoms with Gasteiger partial charge in [0.2, 0.25) is 0 Å². The van der Waals surface area contributed by atoms with Crippen LogP contribution in [0.15, 0.2) is 36.4 Å². The van der Waals surface area contributed by atoms with Gasteiger partial charge < -0.3 is 4.74 Å². The van der Waals surface area contributed by atoms with Crippen molar-refractivity contribution in [2.75, 3.05) is 0 Å². The Morgan fingerprint density at radius 1 is 1.33 bits per heavy atom. The van der Waals surface area contributed by atoms with Gasteiger partial charge in [0.1, 0.15) is 24.5 Å². The van der Waals surface area contributed by atoms with E-state index in [2.05, 4.69) is 0 Å². The maximum atomic E-state index is 13.3. The van der Waals surface area contributed by atoms with Crippen LogP contribution in [0.1, 0.15) is 15.9 Å². The Bertz CT molecular complexity index is 705. The Hall–Kier alpha value is -2.47. The van der Waals surface area contributed by atoms with E-state index in [1.54, 1.807) is 0 Å². The van der Waals surface area contributed by atoms with Crippen LogP contribution in [0.5, 0.6) is 5.75 Å². The molecule has 2 rings (SSSR count). The minimum Gasteiger partial charge on any atom is -0.488 e. The van der Waals surface area contributed by atoms with Gasteiger partial charge in [-0.2, -0.15) is 0 Å². The fourth-order valence-electron chi connectivity index (χ4n) is 1.75. The number of benzene rings is 2. The Balaban J connectivity index is 2.26. The van der Waals surface area contributed by atoms with Crippen LogP contribution >= 0.6 is 11.6 Å². The van der Waals surface area contributed by atoms with Crippen molar-refractivity contribution in [3.05, 3.63) is 68.5 Å². The molecule has 21 heavy (non-hydrogen) atoms. The first-order chi connectivity index (χ1) is 10.0. The standard InChI is InChI=1S/C14H9ClFNO4/c15-13-2-1-3-14(17(19)20)12(13)8-21-11-5-9(7-18)4-10(16)6-11/h1-7H,8H2. The first-order valence-corrected chi connectivity index (χ1v) is 6.19. The molecule has 0 radical (unpaired) electrons. The van der Waals surface area contributed by atoms with E-state index >= 15 is 0 Å². The van der Waals surface area contributed by atoms with Gasteiger partial charge in [0.15, 0.2) is 0 Å². The predicted octanol–water partition coefficient (Wildman–Crippen LogP) is 3.78. The second-order valence-electron chi connectivity index (χ2n) is 4.12. The molecule has 2 aromatic rings. The molecule has 2 aromatic carbocycles. The summed E-state index contributed by atoms with van der Waals surface area (Å²) >= 11 is 5.91. The molecule has 0 amide bonds. The van der Waals surface area contributed by atoms with Gasteiger partial charge in [0, 0.05) is 17.7 Å². The third kappa shape index (κ3) is 3.55. The lowest BCUT2D eigenvalue weighted by atomic mass is 10.2. The Labute approximate surface area is 124 Å². The highest BCUT2D eigenvalue weighted by atomic mass is 35.5.